The van der Waals surface area contributed by atoms with Crippen LogP contribution in [0.2, 0.25) is 0 Å². The maximum atomic E-state index is 9.15. The number of benzene rings is 1. The van der Waals surface area contributed by atoms with E-state index >= 15 is 0 Å². The van der Waals surface area contributed by atoms with Crippen molar-refractivity contribution in [3.63, 3.8) is 0 Å². The number of hydrogen-bond acceptors (Lipinski definition) is 3. The van der Waals surface area contributed by atoms with Gasteiger partial charge >= 0.3 is 0 Å². The van der Waals surface area contributed by atoms with E-state index in [-0.39, 0.29) is 5.41 Å². The minimum atomic E-state index is -0.205. The molecule has 4 nitrogen and oxygen atoms in total. The van der Waals surface area contributed by atoms with E-state index in [1.807, 2.05) is 12.1 Å². The first kappa shape index (κ1) is 15.9. The van der Waals surface area contributed by atoms with Gasteiger partial charge < -0.3 is 0 Å². The molecule has 1 aromatic carbocycles. The van der Waals surface area contributed by atoms with Crippen LogP contribution in [0.25, 0.3) is 22.2 Å². The van der Waals surface area contributed by atoms with Crippen molar-refractivity contribution in [2.75, 3.05) is 0 Å². The van der Waals surface area contributed by atoms with Crippen LogP contribution in [0.3, 0.4) is 0 Å². The summed E-state index contributed by atoms with van der Waals surface area (Å²) in [5.74, 6) is 0. The first-order valence-corrected chi connectivity index (χ1v) is 7.96. The predicted molar refractivity (Wildman–Crippen MR) is 96.5 cm³/mol. The standard InChI is InChI=1S/C20H20N4/c1-4-5-14-10-15(12-16(11-14)20(2,3)7-8-21)17-6-9-22-19-18(17)13-23-24-19/h4,6,9-13H,1,5,7H2,2-3H3,(H,22,23,24). The van der Waals surface area contributed by atoms with Crippen molar-refractivity contribution in [2.24, 2.45) is 0 Å². The minimum Gasteiger partial charge on any atom is -0.261 e. The van der Waals surface area contributed by atoms with Crippen molar-refractivity contribution in [2.45, 2.75) is 32.1 Å². The molecule has 4 heteroatoms. The first-order valence-electron chi connectivity index (χ1n) is 7.96. The first-order chi connectivity index (χ1) is 11.5. The highest BCUT2D eigenvalue weighted by molar-refractivity contribution is 5.92. The lowest BCUT2D eigenvalue weighted by Crippen LogP contribution is -2.16. The van der Waals surface area contributed by atoms with Gasteiger partial charge in [-0.2, -0.15) is 10.4 Å². The lowest BCUT2D eigenvalue weighted by molar-refractivity contribution is 0.539. The topological polar surface area (TPSA) is 65.4 Å². The molecule has 0 bridgehead atoms. The zero-order valence-corrected chi connectivity index (χ0v) is 14.0. The SMILES string of the molecule is C=CCc1cc(-c2ccnc3[nH]ncc23)cc(C(C)(C)CC#N)c1. The molecule has 0 aliphatic heterocycles. The molecular formula is C20H20N4. The number of aromatic nitrogens is 3. The van der Waals surface area contributed by atoms with Crippen LogP contribution in [0.5, 0.6) is 0 Å². The fraction of sp³-hybridized carbons (Fsp3) is 0.250. The fourth-order valence-electron chi connectivity index (χ4n) is 2.93. The summed E-state index contributed by atoms with van der Waals surface area (Å²) >= 11 is 0. The molecular weight excluding hydrogens is 296 g/mol. The Morgan fingerprint density at radius 2 is 2.17 bits per heavy atom. The van der Waals surface area contributed by atoms with Crippen molar-refractivity contribution in [1.29, 1.82) is 5.26 Å². The summed E-state index contributed by atoms with van der Waals surface area (Å²) in [5.41, 5.74) is 5.13. The van der Waals surface area contributed by atoms with Crippen LogP contribution >= 0.6 is 0 Å². The molecule has 0 atom stereocenters. The average molecular weight is 316 g/mol. The molecule has 0 fully saturated rings. The molecule has 0 aliphatic rings. The van der Waals surface area contributed by atoms with E-state index in [2.05, 4.69) is 59.9 Å². The Kier molecular flexibility index (Phi) is 4.18. The number of H-pyrrole nitrogens is 1. The van der Waals surface area contributed by atoms with Gasteiger partial charge in [-0.3, -0.25) is 5.10 Å². The molecule has 24 heavy (non-hydrogen) atoms. The molecule has 2 aromatic heterocycles. The Balaban J connectivity index is 2.21. The van der Waals surface area contributed by atoms with Crippen LogP contribution < -0.4 is 0 Å². The lowest BCUT2D eigenvalue weighted by atomic mass is 9.80. The highest BCUT2D eigenvalue weighted by atomic mass is 15.1. The summed E-state index contributed by atoms with van der Waals surface area (Å²) in [7, 11) is 0. The molecule has 0 radical (unpaired) electrons. The van der Waals surface area contributed by atoms with Gasteiger partial charge in [-0.1, -0.05) is 38.1 Å². The molecule has 120 valence electrons. The van der Waals surface area contributed by atoms with Gasteiger partial charge in [-0.25, -0.2) is 4.98 Å². The van der Waals surface area contributed by atoms with Gasteiger partial charge in [0.05, 0.1) is 12.3 Å². The predicted octanol–water partition coefficient (Wildman–Crippen LogP) is 4.54. The van der Waals surface area contributed by atoms with Gasteiger partial charge in [0.1, 0.15) is 0 Å². The molecule has 0 saturated heterocycles. The summed E-state index contributed by atoms with van der Waals surface area (Å²) < 4.78 is 0. The number of allylic oxidation sites excluding steroid dienone is 1. The molecule has 3 rings (SSSR count). The van der Waals surface area contributed by atoms with Crippen LogP contribution in [0.1, 0.15) is 31.4 Å². The fourth-order valence-corrected chi connectivity index (χ4v) is 2.93. The molecule has 1 N–H and O–H groups in total. The lowest BCUT2D eigenvalue weighted by Gasteiger charge is -2.24. The Morgan fingerprint density at radius 3 is 2.92 bits per heavy atom. The summed E-state index contributed by atoms with van der Waals surface area (Å²) in [5, 5.41) is 17.2. The molecule has 0 aliphatic carbocycles. The van der Waals surface area contributed by atoms with Crippen molar-refractivity contribution in [3.8, 4) is 17.2 Å². The number of rotatable bonds is 5. The Bertz CT molecular complexity index is 928. The summed E-state index contributed by atoms with van der Waals surface area (Å²) in [6.45, 7) is 8.06. The molecule has 0 saturated carbocycles. The van der Waals surface area contributed by atoms with Gasteiger partial charge in [0.15, 0.2) is 5.65 Å². The Hall–Kier alpha value is -2.93. The van der Waals surface area contributed by atoms with Gasteiger partial charge in [0.25, 0.3) is 0 Å². The summed E-state index contributed by atoms with van der Waals surface area (Å²) in [4.78, 5) is 4.31. The quantitative estimate of drug-likeness (QED) is 0.702. The number of pyridine rings is 1. The highest BCUT2D eigenvalue weighted by Gasteiger charge is 2.22. The van der Waals surface area contributed by atoms with Gasteiger partial charge in [-0.05, 0) is 34.7 Å². The van der Waals surface area contributed by atoms with Crippen LogP contribution in [0.15, 0.2) is 49.3 Å². The maximum absolute atomic E-state index is 9.15. The second-order valence-electron chi connectivity index (χ2n) is 6.62. The third-order valence-electron chi connectivity index (χ3n) is 4.34. The summed E-state index contributed by atoms with van der Waals surface area (Å²) in [6.07, 6.45) is 6.76. The highest BCUT2D eigenvalue weighted by Crippen LogP contribution is 2.34. The van der Waals surface area contributed by atoms with Crippen molar-refractivity contribution in [3.05, 3.63) is 60.4 Å². The largest absolute Gasteiger partial charge is 0.261 e. The molecule has 0 spiro atoms. The van der Waals surface area contributed by atoms with Gasteiger partial charge in [0.2, 0.25) is 0 Å². The van der Waals surface area contributed by atoms with Crippen molar-refractivity contribution < 1.29 is 0 Å². The summed E-state index contributed by atoms with van der Waals surface area (Å²) in [6, 6.07) is 10.8. The van der Waals surface area contributed by atoms with E-state index in [0.29, 0.717) is 6.42 Å². The number of aromatic amines is 1. The zero-order chi connectivity index (χ0) is 17.2. The van der Waals surface area contributed by atoms with Crippen LogP contribution in [0, 0.1) is 11.3 Å². The third-order valence-corrected chi connectivity index (χ3v) is 4.34. The molecule has 2 heterocycles. The second kappa shape index (κ2) is 6.29. The van der Waals surface area contributed by atoms with E-state index in [9.17, 15) is 0 Å². The van der Waals surface area contributed by atoms with E-state index in [0.717, 1.165) is 34.1 Å². The third kappa shape index (κ3) is 2.93. The van der Waals surface area contributed by atoms with Crippen molar-refractivity contribution >= 4 is 11.0 Å². The monoisotopic (exact) mass is 316 g/mol. The number of nitrogens with one attached hydrogen (secondary N) is 1. The number of nitrogens with zero attached hydrogens (tertiary/aromatic N) is 3. The van der Waals surface area contributed by atoms with Crippen LogP contribution in [-0.2, 0) is 11.8 Å². The Labute approximate surface area is 141 Å². The van der Waals surface area contributed by atoms with E-state index in [1.165, 1.54) is 5.56 Å². The van der Waals surface area contributed by atoms with Gasteiger partial charge in [-0.15, -0.1) is 6.58 Å². The number of nitriles is 1. The zero-order valence-electron chi connectivity index (χ0n) is 14.0. The number of hydrogen-bond donors (Lipinski definition) is 1. The van der Waals surface area contributed by atoms with Crippen LogP contribution in [0.4, 0.5) is 0 Å². The maximum Gasteiger partial charge on any atom is 0.155 e. The minimum absolute atomic E-state index is 0.205. The molecule has 3 aromatic rings. The molecule has 0 unspecified atom stereocenters. The number of fused-ring (bicyclic) bond motifs is 1. The van der Waals surface area contributed by atoms with Gasteiger partial charge in [0, 0.05) is 23.4 Å². The molecule has 0 amide bonds. The van der Waals surface area contributed by atoms with E-state index < -0.39 is 0 Å². The van der Waals surface area contributed by atoms with E-state index in [4.69, 9.17) is 5.26 Å². The van der Waals surface area contributed by atoms with E-state index in [1.54, 1.807) is 12.4 Å². The second-order valence-corrected chi connectivity index (χ2v) is 6.62. The van der Waals surface area contributed by atoms with Crippen molar-refractivity contribution in [1.82, 2.24) is 15.2 Å². The average Bonchev–Trinajstić information content (AvgIpc) is 3.03. The smallest absolute Gasteiger partial charge is 0.155 e. The normalized spacial score (nSPS) is 11.4. The van der Waals surface area contributed by atoms with Crippen LogP contribution in [-0.4, -0.2) is 15.2 Å². The Morgan fingerprint density at radius 1 is 1.33 bits per heavy atom.